The van der Waals surface area contributed by atoms with E-state index in [0.717, 1.165) is 11.1 Å². The zero-order valence-corrected chi connectivity index (χ0v) is 22.1. The molecule has 0 radical (unpaired) electrons. The van der Waals surface area contributed by atoms with Gasteiger partial charge in [-0.3, -0.25) is 0 Å². The minimum Gasteiger partial charge on any atom is -0.464 e. The van der Waals surface area contributed by atoms with Gasteiger partial charge >= 0.3 is 11.9 Å². The molecule has 4 rings (SSSR count). The molecule has 2 atom stereocenters. The number of nitrogens with one attached hydrogen (secondary N) is 2. The number of H-pyrrole nitrogens is 2. The van der Waals surface area contributed by atoms with E-state index in [1.165, 1.54) is 14.2 Å². The van der Waals surface area contributed by atoms with Crippen molar-refractivity contribution in [2.24, 2.45) is 0 Å². The van der Waals surface area contributed by atoms with Gasteiger partial charge in [-0.1, -0.05) is 60.7 Å². The molecule has 8 nitrogen and oxygen atoms in total. The maximum Gasteiger partial charge on any atom is 0.356 e. The van der Waals surface area contributed by atoms with Crippen LogP contribution in [0.3, 0.4) is 0 Å². The van der Waals surface area contributed by atoms with Crippen LogP contribution in [-0.2, 0) is 9.47 Å². The number of methoxy groups -OCH3 is 2. The molecule has 4 aromatic rings. The number of hydrogen-bond acceptors (Lipinski definition) is 6. The topological polar surface area (TPSA) is 94.0 Å². The first-order valence-corrected chi connectivity index (χ1v) is 12.0. The van der Waals surface area contributed by atoms with Crippen LogP contribution in [0.1, 0.15) is 58.0 Å². The highest BCUT2D eigenvalue weighted by atomic mass is 32.1. The van der Waals surface area contributed by atoms with E-state index in [1.54, 1.807) is 21.5 Å². The molecule has 2 heterocycles. The summed E-state index contributed by atoms with van der Waals surface area (Å²) in [5.74, 6) is -0.796. The second kappa shape index (κ2) is 12.3. The summed E-state index contributed by atoms with van der Waals surface area (Å²) < 4.78 is 14.0. The first kappa shape index (κ1) is 26.8. The average Bonchev–Trinajstić information content (AvgIpc) is 3.50. The molecule has 0 fully saturated rings. The smallest absolute Gasteiger partial charge is 0.356 e. The lowest BCUT2D eigenvalue weighted by atomic mass is 10.1. The standard InChI is InChI=1S/2C13H14N2O2S/c2*1-9(10-6-4-3-5-7-10)15-11(12(16)17-2)8-14-13(15)18/h2*3-9H,1-2H3,(H,14,18)/t2*9-/m11/s1. The lowest BCUT2D eigenvalue weighted by molar-refractivity contribution is 0.0578. The third-order valence-corrected chi connectivity index (χ3v) is 6.38. The van der Waals surface area contributed by atoms with Gasteiger partial charge in [-0.25, -0.2) is 9.59 Å². The summed E-state index contributed by atoms with van der Waals surface area (Å²) in [4.78, 5) is 29.1. The number of carbonyl (C=O) groups is 2. The number of nitrogens with zero attached hydrogens (tertiary/aromatic N) is 2. The first-order chi connectivity index (χ1) is 17.3. The number of aromatic nitrogens is 4. The quantitative estimate of drug-likeness (QED) is 0.242. The normalized spacial score (nSPS) is 12.1. The van der Waals surface area contributed by atoms with E-state index in [1.807, 2.05) is 74.5 Å². The van der Waals surface area contributed by atoms with Gasteiger partial charge in [0.2, 0.25) is 0 Å². The summed E-state index contributed by atoms with van der Waals surface area (Å²) in [6.45, 7) is 3.98. The van der Waals surface area contributed by atoms with Crippen molar-refractivity contribution in [3.63, 3.8) is 0 Å². The highest BCUT2D eigenvalue weighted by Crippen LogP contribution is 2.21. The molecule has 0 saturated carbocycles. The van der Waals surface area contributed by atoms with Gasteiger partial charge in [0.1, 0.15) is 11.4 Å². The summed E-state index contributed by atoms with van der Waals surface area (Å²) in [7, 11) is 2.71. The van der Waals surface area contributed by atoms with E-state index in [4.69, 9.17) is 33.9 Å². The number of imidazole rings is 2. The molecule has 10 heteroatoms. The van der Waals surface area contributed by atoms with Crippen LogP contribution >= 0.6 is 24.4 Å². The highest BCUT2D eigenvalue weighted by molar-refractivity contribution is 7.71. The fraction of sp³-hybridized carbons (Fsp3) is 0.231. The fourth-order valence-electron chi connectivity index (χ4n) is 3.81. The maximum absolute atomic E-state index is 11.7. The van der Waals surface area contributed by atoms with Crippen molar-refractivity contribution in [3.05, 3.63) is 105 Å². The Morgan fingerprint density at radius 3 is 1.33 bits per heavy atom. The summed E-state index contributed by atoms with van der Waals surface area (Å²) in [5.41, 5.74) is 3.02. The van der Waals surface area contributed by atoms with E-state index in [-0.39, 0.29) is 12.1 Å². The number of rotatable bonds is 6. The number of carbonyl (C=O) groups excluding carboxylic acids is 2. The predicted octanol–water partition coefficient (Wildman–Crippen LogP) is 5.88. The summed E-state index contributed by atoms with van der Waals surface area (Å²) in [6.07, 6.45) is 3.15. The Bertz CT molecular complexity index is 1310. The predicted molar refractivity (Wildman–Crippen MR) is 142 cm³/mol. The average molecular weight is 525 g/mol. The summed E-state index contributed by atoms with van der Waals surface area (Å²) >= 11 is 10.4. The zero-order valence-electron chi connectivity index (χ0n) is 20.4. The van der Waals surface area contributed by atoms with Crippen LogP contribution in [0.2, 0.25) is 0 Å². The Hall–Kier alpha value is -3.76. The molecule has 2 aromatic carbocycles. The van der Waals surface area contributed by atoms with Crippen LogP contribution in [0, 0.1) is 9.54 Å². The first-order valence-electron chi connectivity index (χ1n) is 11.2. The largest absolute Gasteiger partial charge is 0.464 e. The van der Waals surface area contributed by atoms with Crippen LogP contribution in [-0.4, -0.2) is 45.3 Å². The highest BCUT2D eigenvalue weighted by Gasteiger charge is 2.19. The van der Waals surface area contributed by atoms with Crippen LogP contribution in [0.25, 0.3) is 0 Å². The monoisotopic (exact) mass is 524 g/mol. The second-order valence-corrected chi connectivity index (χ2v) is 8.63. The van der Waals surface area contributed by atoms with E-state index >= 15 is 0 Å². The molecule has 0 spiro atoms. The molecular formula is C26H28N4O4S2. The third kappa shape index (κ3) is 5.89. The summed E-state index contributed by atoms with van der Waals surface area (Å²) in [5, 5.41) is 0. The van der Waals surface area contributed by atoms with Crippen LogP contribution in [0.4, 0.5) is 0 Å². The second-order valence-electron chi connectivity index (χ2n) is 7.85. The van der Waals surface area contributed by atoms with Gasteiger partial charge in [0.15, 0.2) is 9.54 Å². The molecule has 0 unspecified atom stereocenters. The SMILES string of the molecule is COC(=O)c1c[nH]c(=S)n1[C@H](C)c1ccccc1.COC(=O)c1c[nH]c(=S)n1[C@H](C)c1ccccc1. The van der Waals surface area contributed by atoms with Crippen molar-refractivity contribution < 1.29 is 19.1 Å². The van der Waals surface area contributed by atoms with Gasteiger partial charge in [0.25, 0.3) is 0 Å². The molecule has 0 saturated heterocycles. The van der Waals surface area contributed by atoms with E-state index in [0.29, 0.717) is 20.9 Å². The lowest BCUT2D eigenvalue weighted by Crippen LogP contribution is -2.15. The van der Waals surface area contributed by atoms with Gasteiger partial charge in [-0.05, 0) is 49.4 Å². The Kier molecular flexibility index (Phi) is 9.15. The maximum atomic E-state index is 11.7. The van der Waals surface area contributed by atoms with Gasteiger partial charge < -0.3 is 28.6 Å². The van der Waals surface area contributed by atoms with E-state index < -0.39 is 11.9 Å². The molecule has 0 aliphatic carbocycles. The molecule has 0 aliphatic heterocycles. The van der Waals surface area contributed by atoms with Gasteiger partial charge in [0, 0.05) is 12.4 Å². The van der Waals surface area contributed by atoms with Crippen molar-refractivity contribution >= 4 is 36.4 Å². The number of aromatic amines is 2. The zero-order chi connectivity index (χ0) is 26.2. The van der Waals surface area contributed by atoms with Crippen LogP contribution in [0.15, 0.2) is 73.1 Å². The van der Waals surface area contributed by atoms with Crippen molar-refractivity contribution in [1.82, 2.24) is 19.1 Å². The number of esters is 2. The fourth-order valence-corrected chi connectivity index (χ4v) is 4.44. The van der Waals surface area contributed by atoms with Crippen molar-refractivity contribution in [2.75, 3.05) is 14.2 Å². The Balaban J connectivity index is 0.000000201. The van der Waals surface area contributed by atoms with Gasteiger partial charge in [-0.15, -0.1) is 0 Å². The lowest BCUT2D eigenvalue weighted by Gasteiger charge is -2.16. The Morgan fingerprint density at radius 2 is 1.03 bits per heavy atom. The number of ether oxygens (including phenoxy) is 2. The molecule has 2 N–H and O–H groups in total. The van der Waals surface area contributed by atoms with E-state index in [2.05, 4.69) is 9.97 Å². The van der Waals surface area contributed by atoms with Crippen LogP contribution < -0.4 is 0 Å². The van der Waals surface area contributed by atoms with Crippen molar-refractivity contribution in [3.8, 4) is 0 Å². The number of hydrogen-bond donors (Lipinski definition) is 2. The number of benzene rings is 2. The van der Waals surface area contributed by atoms with Gasteiger partial charge in [-0.2, -0.15) is 0 Å². The van der Waals surface area contributed by atoms with Gasteiger partial charge in [0.05, 0.1) is 26.3 Å². The molecule has 188 valence electrons. The van der Waals surface area contributed by atoms with Crippen LogP contribution in [0.5, 0.6) is 0 Å². The van der Waals surface area contributed by atoms with Crippen molar-refractivity contribution in [1.29, 1.82) is 0 Å². The molecule has 0 aliphatic rings. The summed E-state index contributed by atoms with van der Waals surface area (Å²) in [6, 6.07) is 19.7. The molecule has 0 bridgehead atoms. The third-order valence-electron chi connectivity index (χ3n) is 5.75. The molecule has 0 amide bonds. The Labute approximate surface area is 219 Å². The molecule has 2 aromatic heterocycles. The van der Waals surface area contributed by atoms with Crippen molar-refractivity contribution in [2.45, 2.75) is 25.9 Å². The minimum atomic E-state index is -0.398. The minimum absolute atomic E-state index is 0.0287. The molecular weight excluding hydrogens is 496 g/mol. The molecule has 36 heavy (non-hydrogen) atoms. The van der Waals surface area contributed by atoms with E-state index in [9.17, 15) is 9.59 Å². The Morgan fingerprint density at radius 1 is 0.694 bits per heavy atom.